The van der Waals surface area contributed by atoms with Crippen molar-refractivity contribution in [3.63, 3.8) is 0 Å². The molecule has 0 N–H and O–H groups in total. The number of hydrogen-bond acceptors (Lipinski definition) is 4. The van der Waals surface area contributed by atoms with E-state index in [9.17, 15) is 11.0 Å². The van der Waals surface area contributed by atoms with Crippen LogP contribution in [-0.4, -0.2) is 31.0 Å². The van der Waals surface area contributed by atoms with Crippen LogP contribution in [-0.2, 0) is 25.5 Å². The second-order valence-electron chi connectivity index (χ2n) is 14.7. The van der Waals surface area contributed by atoms with Crippen molar-refractivity contribution in [2.75, 3.05) is 0 Å². The molecule has 2 aliphatic heterocycles. The number of pyridine rings is 3. The number of nitrogens with zero attached hydrogens (tertiary/aromatic N) is 5. The Morgan fingerprint density at radius 2 is 1.00 bits per heavy atom. The average Bonchev–Trinajstić information content (AvgIpc) is 3.67. The van der Waals surface area contributed by atoms with Crippen molar-refractivity contribution in [3.05, 3.63) is 204 Å². The Bertz CT molecular complexity index is 3140. The van der Waals surface area contributed by atoms with Crippen molar-refractivity contribution < 1.29 is 15.5 Å². The van der Waals surface area contributed by atoms with E-state index in [-0.39, 0.29) is 28.4 Å². The minimum absolute atomic E-state index is 0.0132. The molecule has 0 radical (unpaired) electrons. The summed E-state index contributed by atoms with van der Waals surface area (Å²) in [5.74, 6) is 0. The highest BCUT2D eigenvalue weighted by molar-refractivity contribution is 6.39. The van der Waals surface area contributed by atoms with E-state index in [0.29, 0.717) is 28.1 Å². The standard InChI is InChI=1S/C54H44N5/c1-36-37(2)59-52-32-45(35-57-53(52)48-19-11-12-20-49(48)54(59)58-36)47-18-10-9-17-46(47)44-30-40(23-21-38-25-27-50(55-33-38)42-13-5-3-6-14-42)29-41(31-44)24-22-39-26-28-51(56-34-39)43-15-7-4-8-16-43/h3-20,25-35,54H,21-24H2,1-2H3/q+1/i21D2,22D2,23D2,24D2. The number of aliphatic imine (C=N–C) groups is 1. The quantitative estimate of drug-likeness (QED) is 0.130. The molecule has 8 aromatic rings. The summed E-state index contributed by atoms with van der Waals surface area (Å²) in [4.78, 5) is 19.1. The van der Waals surface area contributed by atoms with Gasteiger partial charge in [-0.1, -0.05) is 133 Å². The molecule has 5 nitrogen and oxygen atoms in total. The molecule has 0 spiro atoms. The summed E-state index contributed by atoms with van der Waals surface area (Å²) < 4.78 is 78.2. The first-order valence-corrected chi connectivity index (χ1v) is 19.6. The summed E-state index contributed by atoms with van der Waals surface area (Å²) >= 11 is 0. The number of benzene rings is 5. The van der Waals surface area contributed by atoms with Gasteiger partial charge in [0.05, 0.1) is 17.0 Å². The number of fused-ring (bicyclic) bond motifs is 6. The van der Waals surface area contributed by atoms with Crippen LogP contribution in [0.5, 0.6) is 0 Å². The molecule has 284 valence electrons. The number of aryl methyl sites for hydroxylation is 4. The lowest BCUT2D eigenvalue weighted by Crippen LogP contribution is -2.20. The van der Waals surface area contributed by atoms with E-state index >= 15 is 0 Å². The topological polar surface area (TPSA) is 54.0 Å². The third-order valence-corrected chi connectivity index (χ3v) is 10.9. The van der Waals surface area contributed by atoms with Crippen molar-refractivity contribution in [2.24, 2.45) is 4.99 Å². The molecule has 1 atom stereocenters. The van der Waals surface area contributed by atoms with Crippen LogP contribution in [0.3, 0.4) is 0 Å². The first-order valence-electron chi connectivity index (χ1n) is 23.6. The van der Waals surface area contributed by atoms with Gasteiger partial charge in [0.2, 0.25) is 11.4 Å². The molecule has 5 heteroatoms. The van der Waals surface area contributed by atoms with Crippen LogP contribution >= 0.6 is 0 Å². The largest absolute Gasteiger partial charge is 0.279 e. The predicted molar refractivity (Wildman–Crippen MR) is 241 cm³/mol. The number of rotatable bonds is 10. The van der Waals surface area contributed by atoms with E-state index in [4.69, 9.17) is 9.98 Å². The highest BCUT2D eigenvalue weighted by Gasteiger charge is 2.42. The molecule has 5 heterocycles. The maximum Gasteiger partial charge on any atom is 0.279 e. The molecule has 0 bridgehead atoms. The summed E-state index contributed by atoms with van der Waals surface area (Å²) in [6.07, 6.45) is -6.74. The highest BCUT2D eigenvalue weighted by atomic mass is 15.2. The van der Waals surface area contributed by atoms with Crippen molar-refractivity contribution in [3.8, 4) is 56.0 Å². The molecular weight excluding hydrogens is 719 g/mol. The summed E-state index contributed by atoms with van der Waals surface area (Å²) in [5, 5.41) is 0. The Morgan fingerprint density at radius 3 is 1.58 bits per heavy atom. The minimum Gasteiger partial charge on any atom is -0.256 e. The summed E-state index contributed by atoms with van der Waals surface area (Å²) in [5.41, 5.74) is 10.5. The maximum atomic E-state index is 9.60. The minimum atomic E-state index is -2.79. The predicted octanol–water partition coefficient (Wildman–Crippen LogP) is 12.4. The van der Waals surface area contributed by atoms with Crippen LogP contribution in [0.15, 0.2) is 181 Å². The molecule has 2 aliphatic rings. The monoisotopic (exact) mass is 770 g/mol. The van der Waals surface area contributed by atoms with Crippen LogP contribution in [0.25, 0.3) is 56.0 Å². The third-order valence-electron chi connectivity index (χ3n) is 10.9. The van der Waals surface area contributed by atoms with Gasteiger partial charge >= 0.3 is 0 Å². The first kappa shape index (κ1) is 28.3. The lowest BCUT2D eigenvalue weighted by atomic mass is 9.89. The lowest BCUT2D eigenvalue weighted by molar-refractivity contribution is -0.485. The van der Waals surface area contributed by atoms with Crippen LogP contribution in [0.2, 0.25) is 0 Å². The van der Waals surface area contributed by atoms with Crippen LogP contribution in [0.1, 0.15) is 58.8 Å². The molecule has 5 aromatic carbocycles. The molecule has 59 heavy (non-hydrogen) atoms. The van der Waals surface area contributed by atoms with Gasteiger partial charge in [-0.25, -0.2) is 9.98 Å². The van der Waals surface area contributed by atoms with Gasteiger partial charge in [-0.15, -0.1) is 0 Å². The Labute approximate surface area is 357 Å². The smallest absolute Gasteiger partial charge is 0.256 e. The summed E-state index contributed by atoms with van der Waals surface area (Å²) in [6, 6.07) is 47.2. The fraction of sp³-hybridized carbons (Fsp3) is 0.130. The van der Waals surface area contributed by atoms with Crippen molar-refractivity contribution >= 4 is 17.1 Å². The van der Waals surface area contributed by atoms with Gasteiger partial charge in [-0.3, -0.25) is 9.97 Å². The van der Waals surface area contributed by atoms with Gasteiger partial charge in [0.15, 0.2) is 0 Å². The van der Waals surface area contributed by atoms with Gasteiger partial charge in [-0.2, -0.15) is 4.58 Å². The maximum absolute atomic E-state index is 9.60. The van der Waals surface area contributed by atoms with Gasteiger partial charge in [0.25, 0.3) is 6.17 Å². The SMILES string of the molecule is [2H]C([2H])(c1ccc(-c2ccccc2)nc1)C([2H])([2H])c1cc(-c2ccccc2-c2cnc3c(c2)[N+]2=C(C)C(C)=NC2c2ccccc2-3)cc(C([2H])([2H])C([2H])([2H])c2ccc(-c3ccccc3)nc2)c1. The molecule has 0 amide bonds. The number of aromatic nitrogens is 3. The zero-order valence-electron chi connectivity index (χ0n) is 40.6. The molecule has 1 unspecified atom stereocenters. The van der Waals surface area contributed by atoms with Crippen molar-refractivity contribution in [2.45, 2.75) is 45.5 Å². The molecule has 0 saturated heterocycles. The van der Waals surface area contributed by atoms with Gasteiger partial charge in [0.1, 0.15) is 11.4 Å². The second kappa shape index (κ2) is 15.7. The zero-order chi connectivity index (χ0) is 46.9. The van der Waals surface area contributed by atoms with Crippen molar-refractivity contribution in [1.82, 2.24) is 15.0 Å². The molecule has 0 saturated carbocycles. The Balaban J connectivity index is 1.12. The fourth-order valence-corrected chi connectivity index (χ4v) is 7.84. The summed E-state index contributed by atoms with van der Waals surface area (Å²) in [6.45, 7) is 4.05. The second-order valence-corrected chi connectivity index (χ2v) is 14.7. The van der Waals surface area contributed by atoms with E-state index in [1.165, 1.54) is 30.6 Å². The zero-order valence-corrected chi connectivity index (χ0v) is 32.6. The molecular formula is C54H44N5+. The van der Waals surface area contributed by atoms with E-state index in [1.807, 2.05) is 111 Å². The van der Waals surface area contributed by atoms with Crippen LogP contribution in [0.4, 0.5) is 5.69 Å². The normalized spacial score (nSPS) is 17.1. The molecule has 0 fully saturated rings. The van der Waals surface area contributed by atoms with Crippen LogP contribution < -0.4 is 0 Å². The summed E-state index contributed by atoms with van der Waals surface area (Å²) in [7, 11) is 0. The lowest BCUT2D eigenvalue weighted by Gasteiger charge is -2.21. The fourth-order valence-electron chi connectivity index (χ4n) is 7.84. The van der Waals surface area contributed by atoms with Gasteiger partial charge < -0.3 is 0 Å². The average molecular weight is 771 g/mol. The van der Waals surface area contributed by atoms with E-state index < -0.39 is 25.5 Å². The van der Waals surface area contributed by atoms with E-state index in [1.54, 1.807) is 30.5 Å². The first-order chi connectivity index (χ1) is 32.1. The number of hydrogen-bond donors (Lipinski definition) is 0. The third kappa shape index (κ3) is 7.21. The highest BCUT2D eigenvalue weighted by Crippen LogP contribution is 2.47. The Kier molecular flexibility index (Phi) is 7.52. The molecule has 0 aliphatic carbocycles. The molecule has 10 rings (SSSR count). The van der Waals surface area contributed by atoms with Crippen molar-refractivity contribution in [1.29, 1.82) is 0 Å². The van der Waals surface area contributed by atoms with Gasteiger partial charge in [-0.05, 0) is 89.6 Å². The van der Waals surface area contributed by atoms with Crippen LogP contribution in [0, 0.1) is 0 Å². The molecule has 3 aromatic heterocycles. The van der Waals surface area contributed by atoms with E-state index in [0.717, 1.165) is 50.6 Å². The van der Waals surface area contributed by atoms with E-state index in [2.05, 4.69) is 32.7 Å². The Morgan fingerprint density at radius 1 is 0.475 bits per heavy atom. The van der Waals surface area contributed by atoms with Gasteiger partial charge in [0, 0.05) is 64.8 Å². The Hall–Kier alpha value is -7.11.